The zero-order chi connectivity index (χ0) is 18.3. The SMILES string of the molecule is CCCCS(=O)(=O)C[C@H](C(=O)O)N(CCC)C(=O)c1cc(C)[nH]n1. The zero-order valence-corrected chi connectivity index (χ0v) is 15.1. The largest absolute Gasteiger partial charge is 0.480 e. The number of nitrogens with one attached hydrogen (secondary N) is 1. The maximum absolute atomic E-state index is 12.6. The number of aromatic amines is 1. The molecule has 0 radical (unpaired) electrons. The highest BCUT2D eigenvalue weighted by Gasteiger charge is 2.34. The molecule has 136 valence electrons. The molecule has 1 aromatic heterocycles. The molecule has 1 rings (SSSR count). The predicted octanol–water partition coefficient (Wildman–Crippen LogP) is 1.24. The molecule has 0 aliphatic carbocycles. The number of sulfone groups is 1. The summed E-state index contributed by atoms with van der Waals surface area (Å²) in [6.07, 6.45) is 1.67. The summed E-state index contributed by atoms with van der Waals surface area (Å²) in [6, 6.07) is 0.0893. The van der Waals surface area contributed by atoms with E-state index in [-0.39, 0.29) is 18.0 Å². The summed E-state index contributed by atoms with van der Waals surface area (Å²) in [7, 11) is -3.56. The summed E-state index contributed by atoms with van der Waals surface area (Å²) >= 11 is 0. The van der Waals surface area contributed by atoms with Gasteiger partial charge in [-0.15, -0.1) is 0 Å². The Morgan fingerprint density at radius 2 is 2.00 bits per heavy atom. The molecule has 0 bridgehead atoms. The number of aromatic nitrogens is 2. The molecule has 0 aliphatic heterocycles. The van der Waals surface area contributed by atoms with Crippen molar-refractivity contribution in [3.8, 4) is 0 Å². The van der Waals surface area contributed by atoms with Crippen molar-refractivity contribution in [2.75, 3.05) is 18.1 Å². The number of carbonyl (C=O) groups excluding carboxylic acids is 1. The smallest absolute Gasteiger partial charge is 0.327 e. The number of hydrogen-bond acceptors (Lipinski definition) is 5. The highest BCUT2D eigenvalue weighted by atomic mass is 32.2. The molecule has 1 aromatic rings. The van der Waals surface area contributed by atoms with E-state index in [0.29, 0.717) is 25.0 Å². The quantitative estimate of drug-likeness (QED) is 0.648. The fourth-order valence-corrected chi connectivity index (χ4v) is 4.00. The van der Waals surface area contributed by atoms with Crippen LogP contribution in [0.15, 0.2) is 6.07 Å². The van der Waals surface area contributed by atoms with E-state index in [2.05, 4.69) is 10.2 Å². The van der Waals surface area contributed by atoms with E-state index in [0.717, 1.165) is 4.90 Å². The lowest BCUT2D eigenvalue weighted by molar-refractivity contribution is -0.141. The van der Waals surface area contributed by atoms with Gasteiger partial charge in [-0.2, -0.15) is 5.10 Å². The van der Waals surface area contributed by atoms with E-state index < -0.39 is 33.5 Å². The van der Waals surface area contributed by atoms with E-state index in [9.17, 15) is 23.1 Å². The first-order valence-corrected chi connectivity index (χ1v) is 9.80. The summed E-state index contributed by atoms with van der Waals surface area (Å²) in [6.45, 7) is 5.51. The number of carboxylic acids is 1. The molecule has 0 unspecified atom stereocenters. The topological polar surface area (TPSA) is 120 Å². The fraction of sp³-hybridized carbons (Fsp3) is 0.667. The molecule has 0 saturated carbocycles. The van der Waals surface area contributed by atoms with Crippen LogP contribution in [0.5, 0.6) is 0 Å². The number of H-pyrrole nitrogens is 1. The highest BCUT2D eigenvalue weighted by molar-refractivity contribution is 7.91. The summed E-state index contributed by atoms with van der Waals surface area (Å²) in [5.41, 5.74) is 0.746. The van der Waals surface area contributed by atoms with Crippen LogP contribution in [0.25, 0.3) is 0 Å². The van der Waals surface area contributed by atoms with E-state index in [1.807, 2.05) is 6.92 Å². The van der Waals surface area contributed by atoms with Crippen molar-refractivity contribution < 1.29 is 23.1 Å². The lowest BCUT2D eigenvalue weighted by Crippen LogP contribution is -2.49. The highest BCUT2D eigenvalue weighted by Crippen LogP contribution is 2.12. The van der Waals surface area contributed by atoms with E-state index in [4.69, 9.17) is 0 Å². The first kappa shape index (κ1) is 20.1. The standard InChI is InChI=1S/C15H25N3O5S/c1-4-6-8-24(22,23)10-13(15(20)21)18(7-5-2)14(19)12-9-11(3)16-17-12/h9,13H,4-8,10H2,1-3H3,(H,16,17)(H,20,21)/t13-/m1/s1. The molecule has 0 aromatic carbocycles. The molecule has 8 nitrogen and oxygen atoms in total. The number of amides is 1. The van der Waals surface area contributed by atoms with Gasteiger partial charge < -0.3 is 10.0 Å². The third kappa shape index (κ3) is 5.63. The van der Waals surface area contributed by atoms with E-state index in [1.54, 1.807) is 13.8 Å². The first-order chi connectivity index (χ1) is 11.2. The van der Waals surface area contributed by atoms with Crippen LogP contribution in [0.1, 0.15) is 49.3 Å². The molecular formula is C15H25N3O5S. The molecule has 2 N–H and O–H groups in total. The maximum atomic E-state index is 12.6. The van der Waals surface area contributed by atoms with Crippen LogP contribution < -0.4 is 0 Å². The van der Waals surface area contributed by atoms with Crippen molar-refractivity contribution >= 4 is 21.7 Å². The van der Waals surface area contributed by atoms with Crippen molar-refractivity contribution in [1.29, 1.82) is 0 Å². The minimum atomic E-state index is -3.56. The predicted molar refractivity (Wildman–Crippen MR) is 89.6 cm³/mol. The number of aliphatic carboxylic acids is 1. The van der Waals surface area contributed by atoms with Gasteiger partial charge in [-0.05, 0) is 25.8 Å². The number of aryl methyl sites for hydroxylation is 1. The second-order valence-electron chi connectivity index (χ2n) is 5.76. The lowest BCUT2D eigenvalue weighted by Gasteiger charge is -2.28. The minimum Gasteiger partial charge on any atom is -0.480 e. The molecule has 1 heterocycles. The van der Waals surface area contributed by atoms with Crippen LogP contribution in [0.4, 0.5) is 0 Å². The van der Waals surface area contributed by atoms with Crippen molar-refractivity contribution in [2.45, 2.75) is 46.1 Å². The Morgan fingerprint density at radius 3 is 2.46 bits per heavy atom. The molecule has 0 saturated heterocycles. The molecular weight excluding hydrogens is 334 g/mol. The third-order valence-electron chi connectivity index (χ3n) is 3.53. The molecule has 0 aliphatic rings. The van der Waals surface area contributed by atoms with Crippen LogP contribution in [-0.2, 0) is 14.6 Å². The zero-order valence-electron chi connectivity index (χ0n) is 14.3. The fourth-order valence-electron chi connectivity index (χ4n) is 2.30. The van der Waals surface area contributed by atoms with Gasteiger partial charge in [0.25, 0.3) is 5.91 Å². The number of nitrogens with zero attached hydrogens (tertiary/aromatic N) is 2. The van der Waals surface area contributed by atoms with E-state index >= 15 is 0 Å². The van der Waals surface area contributed by atoms with Crippen LogP contribution in [-0.4, -0.2) is 64.6 Å². The summed E-state index contributed by atoms with van der Waals surface area (Å²) < 4.78 is 24.3. The van der Waals surface area contributed by atoms with Crippen LogP contribution in [0.3, 0.4) is 0 Å². The van der Waals surface area contributed by atoms with Gasteiger partial charge in [0.2, 0.25) is 0 Å². The van der Waals surface area contributed by atoms with Crippen LogP contribution in [0.2, 0.25) is 0 Å². The number of unbranched alkanes of at least 4 members (excludes halogenated alkanes) is 1. The molecule has 0 spiro atoms. The molecule has 1 amide bonds. The lowest BCUT2D eigenvalue weighted by atomic mass is 10.2. The Bertz CT molecular complexity index is 668. The van der Waals surface area contributed by atoms with Gasteiger partial charge in [0.1, 0.15) is 11.7 Å². The Labute approximate surface area is 142 Å². The van der Waals surface area contributed by atoms with Crippen molar-refractivity contribution in [3.05, 3.63) is 17.5 Å². The monoisotopic (exact) mass is 359 g/mol. The van der Waals surface area contributed by atoms with E-state index in [1.165, 1.54) is 6.07 Å². The molecule has 1 atom stereocenters. The average molecular weight is 359 g/mol. The van der Waals surface area contributed by atoms with Gasteiger partial charge in [-0.3, -0.25) is 9.89 Å². The van der Waals surface area contributed by atoms with Crippen LogP contribution >= 0.6 is 0 Å². The molecule has 9 heteroatoms. The van der Waals surface area contributed by atoms with Crippen molar-refractivity contribution in [3.63, 3.8) is 0 Å². The molecule has 0 fully saturated rings. The second-order valence-corrected chi connectivity index (χ2v) is 7.99. The Kier molecular flexibility index (Phi) is 7.40. The summed E-state index contributed by atoms with van der Waals surface area (Å²) in [5.74, 6) is -2.58. The maximum Gasteiger partial charge on any atom is 0.327 e. The average Bonchev–Trinajstić information content (AvgIpc) is 2.94. The Balaban J connectivity index is 3.07. The number of hydrogen-bond donors (Lipinski definition) is 2. The van der Waals surface area contributed by atoms with Crippen molar-refractivity contribution in [1.82, 2.24) is 15.1 Å². The summed E-state index contributed by atoms with van der Waals surface area (Å²) in [5, 5.41) is 15.9. The van der Waals surface area contributed by atoms with Gasteiger partial charge in [-0.1, -0.05) is 20.3 Å². The third-order valence-corrected chi connectivity index (χ3v) is 5.27. The molecule has 24 heavy (non-hydrogen) atoms. The number of carboxylic acid groups (broad SMARTS) is 1. The summed E-state index contributed by atoms with van der Waals surface area (Å²) in [4.78, 5) is 25.3. The number of carbonyl (C=O) groups is 2. The Hall–Kier alpha value is -1.90. The van der Waals surface area contributed by atoms with Crippen molar-refractivity contribution in [2.24, 2.45) is 0 Å². The second kappa shape index (κ2) is 8.81. The van der Waals surface area contributed by atoms with Crippen LogP contribution in [0, 0.1) is 6.92 Å². The van der Waals surface area contributed by atoms with Gasteiger partial charge in [0.15, 0.2) is 9.84 Å². The minimum absolute atomic E-state index is 0.0804. The van der Waals surface area contributed by atoms with Gasteiger partial charge in [0, 0.05) is 12.2 Å². The van der Waals surface area contributed by atoms with Gasteiger partial charge in [0.05, 0.1) is 11.5 Å². The van der Waals surface area contributed by atoms with Gasteiger partial charge >= 0.3 is 5.97 Å². The number of rotatable bonds is 10. The Morgan fingerprint density at radius 1 is 1.33 bits per heavy atom. The first-order valence-electron chi connectivity index (χ1n) is 7.98. The normalized spacial score (nSPS) is 12.8. The van der Waals surface area contributed by atoms with Gasteiger partial charge in [-0.25, -0.2) is 13.2 Å².